The van der Waals surface area contributed by atoms with Crippen molar-refractivity contribution in [1.29, 1.82) is 0 Å². The Morgan fingerprint density at radius 3 is 0.971 bits per heavy atom. The van der Waals surface area contributed by atoms with Crippen LogP contribution in [0.4, 0.5) is 0 Å². The number of ether oxygens (including phenoxy) is 3. The van der Waals surface area contributed by atoms with Gasteiger partial charge in [-0.2, -0.15) is 0 Å². The van der Waals surface area contributed by atoms with Crippen LogP contribution in [-0.2, 0) is 23.8 Å². The summed E-state index contributed by atoms with van der Waals surface area (Å²) >= 11 is 0. The summed E-state index contributed by atoms with van der Waals surface area (Å²) in [5.74, 6) is -0.412. The first-order valence-electron chi connectivity index (χ1n) is 30.5. The molecular weight excluding hydrogens is 861 g/mol. The second-order valence-electron chi connectivity index (χ2n) is 20.2. The molecule has 5 nitrogen and oxygen atoms in total. The van der Waals surface area contributed by atoms with E-state index in [9.17, 15) is 9.59 Å². The van der Waals surface area contributed by atoms with E-state index in [1.54, 1.807) is 0 Å². The summed E-state index contributed by atoms with van der Waals surface area (Å²) in [5, 5.41) is 0. The Balaban J connectivity index is 4.34. The van der Waals surface area contributed by atoms with Crippen LogP contribution in [0.3, 0.4) is 0 Å². The summed E-state index contributed by atoms with van der Waals surface area (Å²) in [5.41, 5.74) is 0. The molecule has 0 aliphatic rings. The molecule has 0 aliphatic heterocycles. The second kappa shape index (κ2) is 60.6. The zero-order valence-electron chi connectivity index (χ0n) is 46.8. The van der Waals surface area contributed by atoms with Crippen LogP contribution < -0.4 is 0 Å². The summed E-state index contributed by atoms with van der Waals surface area (Å²) in [4.78, 5) is 25.6. The van der Waals surface area contributed by atoms with Gasteiger partial charge in [-0.05, 0) is 64.2 Å². The van der Waals surface area contributed by atoms with Gasteiger partial charge in [0.2, 0.25) is 0 Å². The molecule has 0 radical (unpaired) electrons. The van der Waals surface area contributed by atoms with Crippen molar-refractivity contribution in [2.75, 3.05) is 19.8 Å². The van der Waals surface area contributed by atoms with E-state index in [-0.39, 0.29) is 25.2 Å². The molecule has 1 atom stereocenters. The molecule has 0 aromatic rings. The molecule has 0 amide bonds. The Kier molecular flexibility index (Phi) is 58.3. The standard InChI is InChI=1S/C65H116O5/c1-4-7-10-13-16-19-22-25-28-31-32-33-36-39-42-45-48-51-54-57-60-68-61-63(70-65(67)59-56-53-50-47-44-41-38-35-30-27-24-21-18-15-12-9-6-3)62-69-64(66)58-55-52-49-46-43-40-37-34-29-26-23-20-17-14-11-8-5-2/h7,10,16,19,25,28,32-33,39,42,48,51,63H,4-6,8-9,11-15,17-18,20-24,26-27,29-31,34-38,40-41,43-47,49-50,52-62H2,1-3H3/b10-7-,19-16-,28-25-,33-32-,42-39-,51-48-. The van der Waals surface area contributed by atoms with Crippen LogP contribution in [0, 0.1) is 0 Å². The maximum absolute atomic E-state index is 12.9. The Hall–Kier alpha value is -2.66. The third-order valence-corrected chi connectivity index (χ3v) is 13.3. The predicted molar refractivity (Wildman–Crippen MR) is 307 cm³/mol. The number of hydrogen-bond donors (Lipinski definition) is 0. The van der Waals surface area contributed by atoms with E-state index >= 15 is 0 Å². The third kappa shape index (κ3) is 57.9. The molecule has 406 valence electrons. The molecule has 0 aliphatic carbocycles. The maximum atomic E-state index is 12.9. The molecule has 0 rings (SSSR count). The number of unbranched alkanes of at least 4 members (excludes halogenated alkanes) is 33. The molecule has 1 unspecified atom stereocenters. The summed E-state index contributed by atoms with van der Waals surface area (Å²) in [6.45, 7) is 7.63. The van der Waals surface area contributed by atoms with Crippen molar-refractivity contribution in [3.05, 3.63) is 72.9 Å². The van der Waals surface area contributed by atoms with Crippen molar-refractivity contribution in [3.63, 3.8) is 0 Å². The van der Waals surface area contributed by atoms with Gasteiger partial charge < -0.3 is 14.2 Å². The van der Waals surface area contributed by atoms with Crippen molar-refractivity contribution < 1.29 is 23.8 Å². The number of rotatable bonds is 56. The van der Waals surface area contributed by atoms with Gasteiger partial charge in [-0.1, -0.05) is 299 Å². The van der Waals surface area contributed by atoms with E-state index in [0.717, 1.165) is 77.0 Å². The highest BCUT2D eigenvalue weighted by Crippen LogP contribution is 2.17. The molecule has 0 N–H and O–H groups in total. The van der Waals surface area contributed by atoms with E-state index in [1.807, 2.05) is 0 Å². The fourth-order valence-electron chi connectivity index (χ4n) is 8.77. The fourth-order valence-corrected chi connectivity index (χ4v) is 8.77. The minimum Gasteiger partial charge on any atom is -0.462 e. The first kappa shape index (κ1) is 67.3. The van der Waals surface area contributed by atoms with Crippen molar-refractivity contribution in [1.82, 2.24) is 0 Å². The average molecular weight is 978 g/mol. The monoisotopic (exact) mass is 977 g/mol. The van der Waals surface area contributed by atoms with Crippen LogP contribution >= 0.6 is 0 Å². The molecule has 0 saturated heterocycles. The zero-order chi connectivity index (χ0) is 50.6. The number of carbonyl (C=O) groups excluding carboxylic acids is 2. The molecule has 0 heterocycles. The number of esters is 2. The van der Waals surface area contributed by atoms with Crippen LogP contribution in [0.1, 0.15) is 303 Å². The maximum Gasteiger partial charge on any atom is 0.306 e. The molecule has 70 heavy (non-hydrogen) atoms. The van der Waals surface area contributed by atoms with Gasteiger partial charge in [-0.25, -0.2) is 0 Å². The number of allylic oxidation sites excluding steroid dienone is 12. The van der Waals surface area contributed by atoms with E-state index in [2.05, 4.69) is 93.7 Å². The second-order valence-corrected chi connectivity index (χ2v) is 20.2. The lowest BCUT2D eigenvalue weighted by atomic mass is 10.0. The minimum absolute atomic E-state index is 0.0652. The predicted octanol–water partition coefficient (Wildman–Crippen LogP) is 21.0. The molecular formula is C65H116O5. The summed E-state index contributed by atoms with van der Waals surface area (Å²) in [6.07, 6.45) is 79.4. The average Bonchev–Trinajstić information content (AvgIpc) is 3.36. The Morgan fingerprint density at radius 2 is 0.629 bits per heavy atom. The third-order valence-electron chi connectivity index (χ3n) is 13.3. The highest BCUT2D eigenvalue weighted by Gasteiger charge is 2.17. The smallest absolute Gasteiger partial charge is 0.306 e. The number of carbonyl (C=O) groups is 2. The largest absolute Gasteiger partial charge is 0.462 e. The summed E-state index contributed by atoms with van der Waals surface area (Å²) in [6, 6.07) is 0. The lowest BCUT2D eigenvalue weighted by Gasteiger charge is -2.18. The highest BCUT2D eigenvalue weighted by atomic mass is 16.6. The van der Waals surface area contributed by atoms with Gasteiger partial charge in [-0.15, -0.1) is 0 Å². The van der Waals surface area contributed by atoms with E-state index < -0.39 is 6.10 Å². The van der Waals surface area contributed by atoms with E-state index in [0.29, 0.717) is 19.4 Å². The van der Waals surface area contributed by atoms with Crippen LogP contribution in [0.25, 0.3) is 0 Å². The lowest BCUT2D eigenvalue weighted by Crippen LogP contribution is -2.30. The van der Waals surface area contributed by atoms with Gasteiger partial charge in [0, 0.05) is 19.4 Å². The van der Waals surface area contributed by atoms with Crippen LogP contribution in [-0.4, -0.2) is 37.9 Å². The zero-order valence-corrected chi connectivity index (χ0v) is 46.8. The molecule has 0 aromatic heterocycles. The van der Waals surface area contributed by atoms with Gasteiger partial charge in [0.05, 0.1) is 6.61 Å². The lowest BCUT2D eigenvalue weighted by molar-refractivity contribution is -0.163. The normalized spacial score (nSPS) is 12.7. The molecule has 0 spiro atoms. The van der Waals surface area contributed by atoms with Crippen LogP contribution in [0.5, 0.6) is 0 Å². The first-order chi connectivity index (χ1) is 34.6. The minimum atomic E-state index is -0.566. The molecule has 0 fully saturated rings. The molecule has 0 bridgehead atoms. The van der Waals surface area contributed by atoms with E-state index in [1.165, 1.54) is 193 Å². The molecule has 5 heteroatoms. The first-order valence-corrected chi connectivity index (χ1v) is 30.5. The van der Waals surface area contributed by atoms with Crippen molar-refractivity contribution in [2.45, 2.75) is 309 Å². The molecule has 0 saturated carbocycles. The SMILES string of the molecule is CC/C=C\C/C=C\C/C=C\C/C=C\C/C=C\C/C=C\CCCOCC(COC(=O)CCCCCCCCCCCCCCCCCCC)OC(=O)CCCCCCCCCCCCCCCCCCC. The van der Waals surface area contributed by atoms with Crippen LogP contribution in [0.15, 0.2) is 72.9 Å². The van der Waals surface area contributed by atoms with Gasteiger partial charge in [-0.3, -0.25) is 9.59 Å². The van der Waals surface area contributed by atoms with Gasteiger partial charge in [0.1, 0.15) is 6.61 Å². The fraction of sp³-hybridized carbons (Fsp3) is 0.785. The van der Waals surface area contributed by atoms with Gasteiger partial charge in [0.25, 0.3) is 0 Å². The van der Waals surface area contributed by atoms with Crippen molar-refractivity contribution in [3.8, 4) is 0 Å². The van der Waals surface area contributed by atoms with Crippen molar-refractivity contribution in [2.24, 2.45) is 0 Å². The molecule has 0 aromatic carbocycles. The quantitative estimate of drug-likeness (QED) is 0.0345. The van der Waals surface area contributed by atoms with Crippen molar-refractivity contribution >= 4 is 11.9 Å². The Labute approximate surface area is 436 Å². The Bertz CT molecular complexity index is 1240. The highest BCUT2D eigenvalue weighted by molar-refractivity contribution is 5.70. The topological polar surface area (TPSA) is 61.8 Å². The summed E-state index contributed by atoms with van der Waals surface area (Å²) in [7, 11) is 0. The summed E-state index contributed by atoms with van der Waals surface area (Å²) < 4.78 is 17.5. The Morgan fingerprint density at radius 1 is 0.329 bits per heavy atom. The van der Waals surface area contributed by atoms with Gasteiger partial charge in [0.15, 0.2) is 6.10 Å². The van der Waals surface area contributed by atoms with Crippen LogP contribution in [0.2, 0.25) is 0 Å². The number of hydrogen-bond acceptors (Lipinski definition) is 5. The van der Waals surface area contributed by atoms with Gasteiger partial charge >= 0.3 is 11.9 Å². The van der Waals surface area contributed by atoms with E-state index in [4.69, 9.17) is 14.2 Å².